The van der Waals surface area contributed by atoms with Crippen molar-refractivity contribution in [2.24, 2.45) is 0 Å². The molecule has 2 atom stereocenters. The summed E-state index contributed by atoms with van der Waals surface area (Å²) in [6.45, 7) is 5.21. The van der Waals surface area contributed by atoms with Crippen LogP contribution in [-0.4, -0.2) is 53.2 Å². The van der Waals surface area contributed by atoms with Crippen molar-refractivity contribution in [1.29, 1.82) is 0 Å². The summed E-state index contributed by atoms with van der Waals surface area (Å²) in [5.74, 6) is 0. The number of amides is 2. The molecule has 0 unspecified atom stereocenters. The first-order valence-electron chi connectivity index (χ1n) is 4.77. The fourth-order valence-corrected chi connectivity index (χ4v) is 1.55. The highest BCUT2D eigenvalue weighted by Gasteiger charge is 2.33. The van der Waals surface area contributed by atoms with Gasteiger partial charge in [-0.1, -0.05) is 0 Å². The van der Waals surface area contributed by atoms with E-state index in [1.165, 1.54) is 0 Å². The molecule has 76 valence electrons. The van der Waals surface area contributed by atoms with Crippen LogP contribution in [0.25, 0.3) is 0 Å². The molecule has 1 N–H and O–H groups in total. The molecule has 1 heterocycles. The van der Waals surface area contributed by atoms with Gasteiger partial charge in [0, 0.05) is 20.1 Å². The van der Waals surface area contributed by atoms with Gasteiger partial charge in [-0.2, -0.15) is 0 Å². The summed E-state index contributed by atoms with van der Waals surface area (Å²) >= 11 is 0. The monoisotopic (exact) mass is 186 g/mol. The van der Waals surface area contributed by atoms with Gasteiger partial charge in [-0.25, -0.2) is 4.79 Å². The maximum absolute atomic E-state index is 11.7. The summed E-state index contributed by atoms with van der Waals surface area (Å²) in [5, 5.41) is 9.46. The molecule has 13 heavy (non-hydrogen) atoms. The highest BCUT2D eigenvalue weighted by molar-refractivity contribution is 5.74. The van der Waals surface area contributed by atoms with Crippen LogP contribution in [0.5, 0.6) is 0 Å². The molecule has 0 aliphatic carbocycles. The molecule has 1 rings (SSSR count). The molecule has 0 radical (unpaired) electrons. The first-order valence-corrected chi connectivity index (χ1v) is 4.77. The van der Waals surface area contributed by atoms with E-state index in [1.54, 1.807) is 16.8 Å². The Morgan fingerprint density at radius 1 is 1.69 bits per heavy atom. The van der Waals surface area contributed by atoms with Crippen LogP contribution in [-0.2, 0) is 0 Å². The van der Waals surface area contributed by atoms with Crippen LogP contribution < -0.4 is 0 Å². The summed E-state index contributed by atoms with van der Waals surface area (Å²) < 4.78 is 0. The lowest BCUT2D eigenvalue weighted by molar-refractivity contribution is 0.118. The number of likely N-dealkylation sites (tertiary alicyclic amines) is 1. The zero-order chi connectivity index (χ0) is 10.0. The first kappa shape index (κ1) is 10.3. The lowest BCUT2D eigenvalue weighted by atomic mass is 10.2. The van der Waals surface area contributed by atoms with E-state index in [9.17, 15) is 9.90 Å². The Morgan fingerprint density at radius 2 is 2.31 bits per heavy atom. The maximum Gasteiger partial charge on any atom is 0.320 e. The van der Waals surface area contributed by atoms with Gasteiger partial charge in [0.2, 0.25) is 0 Å². The van der Waals surface area contributed by atoms with Crippen molar-refractivity contribution < 1.29 is 9.90 Å². The normalized spacial score (nSPS) is 27.8. The van der Waals surface area contributed by atoms with E-state index >= 15 is 0 Å². The molecule has 4 heteroatoms. The number of carbonyl (C=O) groups excluding carboxylic acids is 1. The molecule has 0 bridgehead atoms. The smallest absolute Gasteiger partial charge is 0.320 e. The van der Waals surface area contributed by atoms with Gasteiger partial charge in [0.1, 0.15) is 0 Å². The lowest BCUT2D eigenvalue weighted by Crippen LogP contribution is -2.44. The molecule has 0 aromatic rings. The van der Waals surface area contributed by atoms with Crippen molar-refractivity contribution in [3.8, 4) is 0 Å². The van der Waals surface area contributed by atoms with E-state index in [4.69, 9.17) is 0 Å². The topological polar surface area (TPSA) is 43.8 Å². The average Bonchev–Trinajstić information content (AvgIpc) is 2.45. The molecule has 0 aromatic carbocycles. The summed E-state index contributed by atoms with van der Waals surface area (Å²) in [6, 6.07) is -0.0203. The van der Waals surface area contributed by atoms with E-state index < -0.39 is 0 Å². The van der Waals surface area contributed by atoms with E-state index in [0.717, 1.165) is 0 Å². The molecule has 1 aliphatic rings. The van der Waals surface area contributed by atoms with Crippen LogP contribution in [0, 0.1) is 0 Å². The number of hydrogen-bond donors (Lipinski definition) is 1. The summed E-state index contributed by atoms with van der Waals surface area (Å²) in [7, 11) is 1.78. The molecule has 4 nitrogen and oxygen atoms in total. The van der Waals surface area contributed by atoms with Gasteiger partial charge in [-0.15, -0.1) is 0 Å². The summed E-state index contributed by atoms with van der Waals surface area (Å²) in [5.41, 5.74) is 0. The van der Waals surface area contributed by atoms with E-state index in [2.05, 4.69) is 0 Å². The van der Waals surface area contributed by atoms with Gasteiger partial charge in [-0.3, -0.25) is 0 Å². The number of nitrogens with zero attached hydrogens (tertiary/aromatic N) is 2. The molecular formula is C9H18N2O2. The molecule has 2 amide bonds. The second-order valence-electron chi connectivity index (χ2n) is 3.59. The predicted molar refractivity (Wildman–Crippen MR) is 50.5 cm³/mol. The Labute approximate surface area is 79.1 Å². The average molecular weight is 186 g/mol. The minimum absolute atomic E-state index is 0.0200. The van der Waals surface area contributed by atoms with Crippen molar-refractivity contribution in [3.05, 3.63) is 0 Å². The SMILES string of the molecule is CCN(C)C(=O)N1CC[C@@H](O)[C@@H]1C. The van der Waals surface area contributed by atoms with Crippen molar-refractivity contribution in [3.63, 3.8) is 0 Å². The Bertz CT molecular complexity index is 196. The van der Waals surface area contributed by atoms with E-state index in [1.807, 2.05) is 13.8 Å². The van der Waals surface area contributed by atoms with Gasteiger partial charge in [-0.05, 0) is 20.3 Å². The van der Waals surface area contributed by atoms with Crippen molar-refractivity contribution >= 4 is 6.03 Å². The molecule has 1 fully saturated rings. The number of carbonyl (C=O) groups is 1. The predicted octanol–water partition coefficient (Wildman–Crippen LogP) is 0.513. The van der Waals surface area contributed by atoms with Gasteiger partial charge >= 0.3 is 6.03 Å². The van der Waals surface area contributed by atoms with E-state index in [0.29, 0.717) is 19.5 Å². The number of aliphatic hydroxyl groups is 1. The van der Waals surface area contributed by atoms with Crippen LogP contribution in [0.2, 0.25) is 0 Å². The third kappa shape index (κ3) is 1.94. The third-order valence-electron chi connectivity index (χ3n) is 2.76. The number of hydrogen-bond acceptors (Lipinski definition) is 2. The number of urea groups is 1. The maximum atomic E-state index is 11.7. The van der Waals surface area contributed by atoms with Gasteiger partial charge in [0.25, 0.3) is 0 Å². The Kier molecular flexibility index (Phi) is 3.14. The number of aliphatic hydroxyl groups excluding tert-OH is 1. The van der Waals surface area contributed by atoms with Crippen LogP contribution in [0.3, 0.4) is 0 Å². The molecular weight excluding hydrogens is 168 g/mol. The highest BCUT2D eigenvalue weighted by atomic mass is 16.3. The molecule has 1 aliphatic heterocycles. The van der Waals surface area contributed by atoms with Crippen molar-refractivity contribution in [2.75, 3.05) is 20.1 Å². The molecule has 1 saturated heterocycles. The standard InChI is InChI=1S/C9H18N2O2/c1-4-10(3)9(13)11-6-5-8(12)7(11)2/h7-8,12H,4-6H2,1-3H3/t7-,8+/m0/s1. The molecule has 0 aromatic heterocycles. The Hall–Kier alpha value is -0.770. The van der Waals surface area contributed by atoms with Gasteiger partial charge < -0.3 is 14.9 Å². The number of rotatable bonds is 1. The second kappa shape index (κ2) is 3.96. The fourth-order valence-electron chi connectivity index (χ4n) is 1.55. The largest absolute Gasteiger partial charge is 0.391 e. The highest BCUT2D eigenvalue weighted by Crippen LogP contribution is 2.18. The molecule has 0 spiro atoms. The quantitative estimate of drug-likeness (QED) is 0.648. The van der Waals surface area contributed by atoms with Gasteiger partial charge in [0.15, 0.2) is 0 Å². The zero-order valence-corrected chi connectivity index (χ0v) is 8.53. The Morgan fingerprint density at radius 3 is 2.69 bits per heavy atom. The lowest BCUT2D eigenvalue weighted by Gasteiger charge is -2.27. The first-order chi connectivity index (χ1) is 6.07. The second-order valence-corrected chi connectivity index (χ2v) is 3.59. The van der Waals surface area contributed by atoms with Crippen molar-refractivity contribution in [2.45, 2.75) is 32.4 Å². The minimum atomic E-state index is -0.353. The molecule has 0 saturated carbocycles. The Balaban J connectivity index is 2.58. The summed E-state index contributed by atoms with van der Waals surface area (Å²) in [6.07, 6.45) is 0.346. The van der Waals surface area contributed by atoms with Crippen LogP contribution >= 0.6 is 0 Å². The van der Waals surface area contributed by atoms with Crippen LogP contribution in [0.15, 0.2) is 0 Å². The van der Waals surface area contributed by atoms with Crippen LogP contribution in [0.4, 0.5) is 4.79 Å². The fraction of sp³-hybridized carbons (Fsp3) is 0.889. The summed E-state index contributed by atoms with van der Waals surface area (Å²) in [4.78, 5) is 15.1. The van der Waals surface area contributed by atoms with E-state index in [-0.39, 0.29) is 18.2 Å². The van der Waals surface area contributed by atoms with Gasteiger partial charge in [0.05, 0.1) is 12.1 Å². The zero-order valence-electron chi connectivity index (χ0n) is 8.53. The van der Waals surface area contributed by atoms with Crippen molar-refractivity contribution in [1.82, 2.24) is 9.80 Å². The van der Waals surface area contributed by atoms with Crippen LogP contribution in [0.1, 0.15) is 20.3 Å². The minimum Gasteiger partial charge on any atom is -0.391 e. The third-order valence-corrected chi connectivity index (χ3v) is 2.76.